The zero-order chi connectivity index (χ0) is 15.3. The predicted octanol–water partition coefficient (Wildman–Crippen LogP) is 1.62. The maximum absolute atomic E-state index is 12.3. The maximum atomic E-state index is 12.3. The van der Waals surface area contributed by atoms with Gasteiger partial charge in [-0.15, -0.1) is 0 Å². The molecule has 0 saturated carbocycles. The van der Waals surface area contributed by atoms with Crippen molar-refractivity contribution in [3.8, 4) is 0 Å². The minimum absolute atomic E-state index is 0.249. The Morgan fingerprint density at radius 3 is 2.52 bits per heavy atom. The molecule has 112 valence electrons. The van der Waals surface area contributed by atoms with E-state index in [1.54, 1.807) is 49.6 Å². The van der Waals surface area contributed by atoms with Crippen LogP contribution in [-0.2, 0) is 16.4 Å². The van der Waals surface area contributed by atoms with Crippen molar-refractivity contribution in [2.75, 3.05) is 6.54 Å². The zero-order valence-electron chi connectivity index (χ0n) is 11.9. The molecule has 21 heavy (non-hydrogen) atoms. The molecule has 1 unspecified atom stereocenters. The summed E-state index contributed by atoms with van der Waals surface area (Å²) in [7, 11) is -3.55. The molecule has 3 N–H and O–H groups in total. The van der Waals surface area contributed by atoms with Gasteiger partial charge >= 0.3 is 0 Å². The quantitative estimate of drug-likeness (QED) is 0.849. The van der Waals surface area contributed by atoms with Crippen molar-refractivity contribution in [1.82, 2.24) is 9.71 Å². The van der Waals surface area contributed by atoms with Gasteiger partial charge in [-0.2, -0.15) is 0 Å². The minimum Gasteiger partial charge on any atom is -0.330 e. The number of nitrogens with one attached hydrogen (secondary N) is 1. The van der Waals surface area contributed by atoms with Gasteiger partial charge in [0.15, 0.2) is 0 Å². The van der Waals surface area contributed by atoms with Gasteiger partial charge in [0, 0.05) is 18.4 Å². The van der Waals surface area contributed by atoms with Crippen LogP contribution in [0.5, 0.6) is 0 Å². The highest BCUT2D eigenvalue weighted by Crippen LogP contribution is 2.16. The van der Waals surface area contributed by atoms with E-state index in [1.165, 1.54) is 0 Å². The maximum Gasteiger partial charge on any atom is 0.241 e. The summed E-state index contributed by atoms with van der Waals surface area (Å²) in [6, 6.07) is 10.1. The molecule has 0 saturated heterocycles. The first-order valence-electron chi connectivity index (χ1n) is 6.74. The van der Waals surface area contributed by atoms with Crippen LogP contribution in [0.3, 0.4) is 0 Å². The smallest absolute Gasteiger partial charge is 0.241 e. The summed E-state index contributed by atoms with van der Waals surface area (Å²) in [6.07, 6.45) is 4.04. The molecule has 0 radical (unpaired) electrons. The molecular weight excluding hydrogens is 286 g/mol. The topological polar surface area (TPSA) is 85.1 Å². The second-order valence-electron chi connectivity index (χ2n) is 4.81. The molecule has 1 aromatic carbocycles. The summed E-state index contributed by atoms with van der Waals surface area (Å²) in [6.45, 7) is 2.33. The van der Waals surface area contributed by atoms with E-state index in [1.807, 2.05) is 6.07 Å². The van der Waals surface area contributed by atoms with Crippen molar-refractivity contribution in [3.05, 3.63) is 59.9 Å². The monoisotopic (exact) mass is 305 g/mol. The second-order valence-corrected chi connectivity index (χ2v) is 6.53. The summed E-state index contributed by atoms with van der Waals surface area (Å²) in [5.74, 6) is 0. The average molecular weight is 305 g/mol. The average Bonchev–Trinajstić information content (AvgIpc) is 2.48. The Morgan fingerprint density at radius 2 is 1.95 bits per heavy atom. The van der Waals surface area contributed by atoms with Gasteiger partial charge in [-0.1, -0.05) is 18.2 Å². The summed E-state index contributed by atoms with van der Waals surface area (Å²) in [5.41, 5.74) is 7.32. The molecule has 1 atom stereocenters. The number of nitrogens with two attached hydrogens (primary N) is 1. The lowest BCUT2D eigenvalue weighted by Gasteiger charge is -2.14. The predicted molar refractivity (Wildman–Crippen MR) is 82.2 cm³/mol. The highest BCUT2D eigenvalue weighted by Gasteiger charge is 2.18. The van der Waals surface area contributed by atoms with E-state index in [0.717, 1.165) is 17.5 Å². The first-order chi connectivity index (χ1) is 10.0. The van der Waals surface area contributed by atoms with Gasteiger partial charge in [0.1, 0.15) is 0 Å². The van der Waals surface area contributed by atoms with Crippen LogP contribution in [0.25, 0.3) is 0 Å². The van der Waals surface area contributed by atoms with E-state index in [-0.39, 0.29) is 10.9 Å². The SMILES string of the molecule is CC(NS(=O)(=O)c1ccc(CCN)cc1)c1cccnc1. The fraction of sp³-hybridized carbons (Fsp3) is 0.267. The summed E-state index contributed by atoms with van der Waals surface area (Å²) in [5, 5.41) is 0. The summed E-state index contributed by atoms with van der Waals surface area (Å²) >= 11 is 0. The van der Waals surface area contributed by atoms with Crippen LogP contribution in [0.4, 0.5) is 0 Å². The Labute approximate surface area is 125 Å². The Bertz CT molecular complexity index is 670. The number of nitrogens with zero attached hydrogens (tertiary/aromatic N) is 1. The number of rotatable bonds is 6. The minimum atomic E-state index is -3.55. The number of sulfonamides is 1. The first-order valence-corrected chi connectivity index (χ1v) is 8.22. The lowest BCUT2D eigenvalue weighted by molar-refractivity contribution is 0.566. The van der Waals surface area contributed by atoms with Crippen molar-refractivity contribution in [1.29, 1.82) is 0 Å². The largest absolute Gasteiger partial charge is 0.330 e. The molecule has 0 spiro atoms. The number of pyridine rings is 1. The van der Waals surface area contributed by atoms with Gasteiger partial charge < -0.3 is 5.73 Å². The second kappa shape index (κ2) is 6.80. The molecule has 0 fully saturated rings. The lowest BCUT2D eigenvalue weighted by atomic mass is 10.2. The van der Waals surface area contributed by atoms with Crippen molar-refractivity contribution in [2.45, 2.75) is 24.3 Å². The fourth-order valence-electron chi connectivity index (χ4n) is 2.00. The Hall–Kier alpha value is -1.76. The molecule has 1 aromatic heterocycles. The van der Waals surface area contributed by atoms with Gasteiger partial charge in [-0.3, -0.25) is 4.98 Å². The van der Waals surface area contributed by atoms with Gasteiger partial charge in [-0.25, -0.2) is 13.1 Å². The van der Waals surface area contributed by atoms with Crippen LogP contribution >= 0.6 is 0 Å². The molecule has 0 amide bonds. The summed E-state index contributed by atoms with van der Waals surface area (Å²) < 4.78 is 27.3. The molecule has 5 nitrogen and oxygen atoms in total. The molecule has 0 aliphatic rings. The lowest BCUT2D eigenvalue weighted by Crippen LogP contribution is -2.27. The van der Waals surface area contributed by atoms with Gasteiger partial charge in [0.05, 0.1) is 4.90 Å². The van der Waals surface area contributed by atoms with E-state index in [9.17, 15) is 8.42 Å². The van der Waals surface area contributed by atoms with E-state index in [2.05, 4.69) is 9.71 Å². The van der Waals surface area contributed by atoms with Crippen molar-refractivity contribution in [3.63, 3.8) is 0 Å². The Balaban J connectivity index is 2.14. The van der Waals surface area contributed by atoms with Gasteiger partial charge in [0.25, 0.3) is 0 Å². The van der Waals surface area contributed by atoms with Crippen molar-refractivity contribution >= 4 is 10.0 Å². The van der Waals surface area contributed by atoms with E-state index >= 15 is 0 Å². The van der Waals surface area contributed by atoms with Crippen molar-refractivity contribution < 1.29 is 8.42 Å². The van der Waals surface area contributed by atoms with Gasteiger partial charge in [0.2, 0.25) is 10.0 Å². The molecule has 1 heterocycles. The molecular formula is C15H19N3O2S. The van der Waals surface area contributed by atoms with Crippen molar-refractivity contribution in [2.24, 2.45) is 5.73 Å². The Morgan fingerprint density at radius 1 is 1.24 bits per heavy atom. The standard InChI is InChI=1S/C15H19N3O2S/c1-12(14-3-2-10-17-11-14)18-21(19,20)15-6-4-13(5-7-15)8-9-16/h2-7,10-12,18H,8-9,16H2,1H3. The third kappa shape index (κ3) is 4.10. The number of hydrogen-bond acceptors (Lipinski definition) is 4. The number of benzene rings is 1. The van der Waals surface area contributed by atoms with E-state index in [0.29, 0.717) is 6.54 Å². The Kier molecular flexibility index (Phi) is 5.06. The van der Waals surface area contributed by atoms with Gasteiger partial charge in [-0.05, 0) is 49.2 Å². The third-order valence-corrected chi connectivity index (χ3v) is 4.74. The number of aromatic nitrogens is 1. The van der Waals surface area contributed by atoms with Crippen LogP contribution in [0.1, 0.15) is 24.1 Å². The van der Waals surface area contributed by atoms with E-state index < -0.39 is 10.0 Å². The highest BCUT2D eigenvalue weighted by molar-refractivity contribution is 7.89. The highest BCUT2D eigenvalue weighted by atomic mass is 32.2. The third-order valence-electron chi connectivity index (χ3n) is 3.18. The number of hydrogen-bond donors (Lipinski definition) is 2. The molecule has 6 heteroatoms. The first kappa shape index (κ1) is 15.6. The zero-order valence-corrected chi connectivity index (χ0v) is 12.7. The van der Waals surface area contributed by atoms with Crippen LogP contribution < -0.4 is 10.5 Å². The molecule has 0 aliphatic heterocycles. The molecule has 0 aliphatic carbocycles. The molecule has 0 bridgehead atoms. The van der Waals surface area contributed by atoms with Crippen LogP contribution in [0.15, 0.2) is 53.7 Å². The summed E-state index contributed by atoms with van der Waals surface area (Å²) in [4.78, 5) is 4.24. The molecule has 2 rings (SSSR count). The van der Waals surface area contributed by atoms with Crippen LogP contribution in [0, 0.1) is 0 Å². The van der Waals surface area contributed by atoms with E-state index in [4.69, 9.17) is 5.73 Å². The normalized spacial score (nSPS) is 13.0. The van der Waals surface area contributed by atoms with Crippen LogP contribution in [-0.4, -0.2) is 19.9 Å². The van der Waals surface area contributed by atoms with Crippen LogP contribution in [0.2, 0.25) is 0 Å². The fourth-order valence-corrected chi connectivity index (χ4v) is 3.23. The molecule has 2 aromatic rings.